The molecular formula is C22H19FN4O5. The van der Waals surface area contributed by atoms with Crippen LogP contribution in [-0.2, 0) is 14.3 Å². The van der Waals surface area contributed by atoms with Crippen molar-refractivity contribution < 1.29 is 23.6 Å². The maximum atomic E-state index is 13.4. The van der Waals surface area contributed by atoms with Gasteiger partial charge in [0.15, 0.2) is 6.61 Å². The summed E-state index contributed by atoms with van der Waals surface area (Å²) in [4.78, 5) is 33.8. The predicted molar refractivity (Wildman–Crippen MR) is 115 cm³/mol. The zero-order chi connectivity index (χ0) is 23.3. The number of anilines is 1. The number of nitro benzene ring substituents is 1. The summed E-state index contributed by atoms with van der Waals surface area (Å²) in [7, 11) is 0. The second-order valence-corrected chi connectivity index (χ2v) is 6.74. The van der Waals surface area contributed by atoms with Gasteiger partial charge in [0.2, 0.25) is 5.82 Å². The lowest BCUT2D eigenvalue weighted by atomic mass is 10.2. The second kappa shape index (κ2) is 9.65. The number of carbonyl (C=O) groups excluding carboxylic acids is 2. The van der Waals surface area contributed by atoms with Crippen LogP contribution < -0.4 is 5.32 Å². The molecule has 0 saturated carbocycles. The fourth-order valence-electron chi connectivity index (χ4n) is 2.98. The van der Waals surface area contributed by atoms with Crippen molar-refractivity contribution >= 4 is 29.3 Å². The minimum Gasteiger partial charge on any atom is -0.452 e. The topological polar surface area (TPSA) is 116 Å². The Morgan fingerprint density at radius 1 is 1.22 bits per heavy atom. The third-order valence-electron chi connectivity index (χ3n) is 4.51. The molecule has 2 aromatic carbocycles. The average Bonchev–Trinajstić information content (AvgIpc) is 3.06. The molecule has 1 N–H and O–H groups in total. The molecule has 0 unspecified atom stereocenters. The molecule has 32 heavy (non-hydrogen) atoms. The predicted octanol–water partition coefficient (Wildman–Crippen LogP) is 3.73. The first kappa shape index (κ1) is 22.3. The van der Waals surface area contributed by atoms with E-state index in [9.17, 15) is 24.1 Å². The van der Waals surface area contributed by atoms with E-state index in [1.165, 1.54) is 6.08 Å². The first-order valence-corrected chi connectivity index (χ1v) is 9.46. The number of halogens is 1. The lowest BCUT2D eigenvalue weighted by molar-refractivity contribution is -0.387. The fourth-order valence-corrected chi connectivity index (χ4v) is 2.98. The summed E-state index contributed by atoms with van der Waals surface area (Å²) in [6, 6.07) is 12.4. The van der Waals surface area contributed by atoms with Crippen molar-refractivity contribution in [3.8, 4) is 5.69 Å². The van der Waals surface area contributed by atoms with Crippen LogP contribution in [0.2, 0.25) is 0 Å². The molecule has 9 nitrogen and oxygen atoms in total. The lowest BCUT2D eigenvalue weighted by Crippen LogP contribution is -2.20. The van der Waals surface area contributed by atoms with E-state index in [-0.39, 0.29) is 5.69 Å². The summed E-state index contributed by atoms with van der Waals surface area (Å²) in [5.41, 5.74) is 2.40. The molecule has 164 valence electrons. The summed E-state index contributed by atoms with van der Waals surface area (Å²) in [6.45, 7) is 3.07. The smallest absolute Gasteiger partial charge is 0.331 e. The molecule has 0 radical (unpaired) electrons. The van der Waals surface area contributed by atoms with E-state index in [2.05, 4.69) is 10.4 Å². The number of hydrogen-bond donors (Lipinski definition) is 1. The lowest BCUT2D eigenvalue weighted by Gasteiger charge is -2.05. The minimum atomic E-state index is -1.02. The number of ether oxygens (including phenoxy) is 1. The summed E-state index contributed by atoms with van der Waals surface area (Å²) >= 11 is 0. The Bertz CT molecular complexity index is 1200. The molecule has 0 fully saturated rings. The highest BCUT2D eigenvalue weighted by molar-refractivity contribution is 5.95. The second-order valence-electron chi connectivity index (χ2n) is 6.74. The highest BCUT2D eigenvalue weighted by Crippen LogP contribution is 2.22. The zero-order valence-corrected chi connectivity index (χ0v) is 17.2. The molecule has 3 rings (SSSR count). The van der Waals surface area contributed by atoms with Crippen molar-refractivity contribution in [3.05, 3.63) is 87.5 Å². The van der Waals surface area contributed by atoms with Gasteiger partial charge in [0.25, 0.3) is 5.91 Å². The number of rotatable bonds is 7. The number of nitro groups is 1. The molecule has 1 heterocycles. The molecule has 0 bridgehead atoms. The van der Waals surface area contributed by atoms with Gasteiger partial charge in [-0.3, -0.25) is 14.9 Å². The van der Waals surface area contributed by atoms with E-state index < -0.39 is 34.9 Å². The fraction of sp³-hybridized carbons (Fsp3) is 0.136. The third-order valence-corrected chi connectivity index (χ3v) is 4.51. The number of esters is 1. The first-order valence-electron chi connectivity index (χ1n) is 9.46. The molecule has 10 heteroatoms. The molecule has 0 aliphatic heterocycles. The molecule has 1 amide bonds. The van der Waals surface area contributed by atoms with Crippen LogP contribution >= 0.6 is 0 Å². The number of amides is 1. The maximum absolute atomic E-state index is 13.4. The number of nitrogens with one attached hydrogen (secondary N) is 1. The van der Waals surface area contributed by atoms with Crippen molar-refractivity contribution in [2.24, 2.45) is 0 Å². The van der Waals surface area contributed by atoms with Gasteiger partial charge in [-0.2, -0.15) is 9.49 Å². The van der Waals surface area contributed by atoms with Gasteiger partial charge >= 0.3 is 11.7 Å². The maximum Gasteiger partial charge on any atom is 0.331 e. The van der Waals surface area contributed by atoms with Crippen molar-refractivity contribution in [1.82, 2.24) is 9.78 Å². The number of para-hydroxylation sites is 1. The van der Waals surface area contributed by atoms with Gasteiger partial charge in [-0.15, -0.1) is 0 Å². The van der Waals surface area contributed by atoms with Crippen molar-refractivity contribution in [2.75, 3.05) is 11.9 Å². The summed E-state index contributed by atoms with van der Waals surface area (Å²) in [5.74, 6) is -2.50. The molecule has 3 aromatic rings. The van der Waals surface area contributed by atoms with E-state index in [1.54, 1.807) is 10.8 Å². The standard InChI is InChI=1S/C22H19FN4O5/c1-14-18(15(2)26(25-14)17-6-4-3-5-7-17)9-11-22(29)32-13-21(28)24-16-8-10-19(23)20(12-16)27(30)31/h3-12H,13H2,1-2H3,(H,24,28). The van der Waals surface area contributed by atoms with Crippen LogP contribution in [0.15, 0.2) is 54.6 Å². The van der Waals surface area contributed by atoms with Gasteiger partial charge in [0, 0.05) is 29.1 Å². The first-order chi connectivity index (χ1) is 15.3. The molecule has 0 aliphatic carbocycles. The Labute approximate surface area is 182 Å². The molecule has 0 atom stereocenters. The van der Waals surface area contributed by atoms with Crippen molar-refractivity contribution in [3.63, 3.8) is 0 Å². The summed E-state index contributed by atoms with van der Waals surface area (Å²) in [5, 5.41) is 17.6. The average molecular weight is 438 g/mol. The minimum absolute atomic E-state index is 0.00858. The van der Waals surface area contributed by atoms with Crippen LogP contribution in [0.4, 0.5) is 15.8 Å². The number of aryl methyl sites for hydroxylation is 1. The Balaban J connectivity index is 1.60. The van der Waals surface area contributed by atoms with Gasteiger partial charge in [0.05, 0.1) is 16.3 Å². The monoisotopic (exact) mass is 438 g/mol. The quantitative estimate of drug-likeness (QED) is 0.260. The van der Waals surface area contributed by atoms with Crippen molar-refractivity contribution in [1.29, 1.82) is 0 Å². The van der Waals surface area contributed by atoms with Gasteiger partial charge in [-0.1, -0.05) is 18.2 Å². The number of nitrogens with zero attached hydrogens (tertiary/aromatic N) is 3. The Morgan fingerprint density at radius 2 is 1.94 bits per heavy atom. The molecule has 0 aliphatic rings. The number of carbonyl (C=O) groups is 2. The van der Waals surface area contributed by atoms with E-state index in [1.807, 2.05) is 44.2 Å². The van der Waals surface area contributed by atoms with Crippen LogP contribution in [-0.4, -0.2) is 33.2 Å². The molecule has 1 aromatic heterocycles. The van der Waals surface area contributed by atoms with Crippen molar-refractivity contribution in [2.45, 2.75) is 13.8 Å². The van der Waals surface area contributed by atoms with Crippen LogP contribution in [0.25, 0.3) is 11.8 Å². The summed E-state index contributed by atoms with van der Waals surface area (Å²) < 4.78 is 20.0. The van der Waals surface area contributed by atoms with E-state index in [0.29, 0.717) is 5.69 Å². The van der Waals surface area contributed by atoms with Crippen LogP contribution in [0.5, 0.6) is 0 Å². The van der Waals surface area contributed by atoms with Gasteiger partial charge in [-0.25, -0.2) is 9.48 Å². The van der Waals surface area contributed by atoms with Gasteiger partial charge in [0.1, 0.15) is 0 Å². The SMILES string of the molecule is Cc1nn(-c2ccccc2)c(C)c1C=CC(=O)OCC(=O)Nc1ccc(F)c([N+](=O)[O-])c1. The zero-order valence-electron chi connectivity index (χ0n) is 17.2. The normalized spacial score (nSPS) is 10.8. The molecular weight excluding hydrogens is 419 g/mol. The largest absolute Gasteiger partial charge is 0.452 e. The Kier molecular flexibility index (Phi) is 6.74. The van der Waals surface area contributed by atoms with E-state index >= 15 is 0 Å². The number of aromatic nitrogens is 2. The van der Waals surface area contributed by atoms with Gasteiger partial charge < -0.3 is 10.1 Å². The number of hydrogen-bond acceptors (Lipinski definition) is 6. The molecule has 0 saturated heterocycles. The van der Waals surface area contributed by atoms with E-state index in [0.717, 1.165) is 35.1 Å². The van der Waals surface area contributed by atoms with Crippen LogP contribution in [0, 0.1) is 29.8 Å². The Morgan fingerprint density at radius 3 is 2.62 bits per heavy atom. The highest BCUT2D eigenvalue weighted by Gasteiger charge is 2.16. The van der Waals surface area contributed by atoms with Gasteiger partial charge in [-0.05, 0) is 44.2 Å². The third kappa shape index (κ3) is 5.22. The van der Waals surface area contributed by atoms with Crippen LogP contribution in [0.1, 0.15) is 17.0 Å². The molecule has 0 spiro atoms. The summed E-state index contributed by atoms with van der Waals surface area (Å²) in [6.07, 6.45) is 2.74. The van der Waals surface area contributed by atoms with E-state index in [4.69, 9.17) is 4.74 Å². The van der Waals surface area contributed by atoms with Crippen LogP contribution in [0.3, 0.4) is 0 Å². The highest BCUT2D eigenvalue weighted by atomic mass is 19.1. The number of benzene rings is 2. The Hall–Kier alpha value is -4.34.